The van der Waals surface area contributed by atoms with Crippen molar-refractivity contribution in [2.75, 3.05) is 18.6 Å². The van der Waals surface area contributed by atoms with E-state index in [-0.39, 0.29) is 30.9 Å². The molecule has 0 spiro atoms. The van der Waals surface area contributed by atoms with Gasteiger partial charge in [0.05, 0.1) is 12.4 Å². The van der Waals surface area contributed by atoms with Crippen LogP contribution in [0.4, 0.5) is 0 Å². The molecule has 1 fully saturated rings. The van der Waals surface area contributed by atoms with E-state index in [2.05, 4.69) is 31.2 Å². The minimum Gasteiger partial charge on any atom is -0.508 e. The maximum atomic E-state index is 13.5. The highest BCUT2D eigenvalue weighted by Crippen LogP contribution is 2.13. The number of phenols is 1. The quantitative estimate of drug-likeness (QED) is 0.171. The number of rotatable bonds is 14. The van der Waals surface area contributed by atoms with Gasteiger partial charge in [0, 0.05) is 24.7 Å². The summed E-state index contributed by atoms with van der Waals surface area (Å²) in [7, 11) is 0. The number of aromatic nitrogens is 2. The molecule has 1 aliphatic rings. The number of imidazole rings is 1. The molecule has 0 radical (unpaired) electrons. The number of aromatic hydroxyl groups is 1. The minimum atomic E-state index is -1.17. The lowest BCUT2D eigenvalue weighted by Crippen LogP contribution is -2.58. The lowest BCUT2D eigenvalue weighted by molar-refractivity contribution is -0.142. The van der Waals surface area contributed by atoms with Crippen LogP contribution in [0.25, 0.3) is 0 Å². The highest BCUT2D eigenvalue weighted by Gasteiger charge is 2.32. The van der Waals surface area contributed by atoms with E-state index >= 15 is 0 Å². The van der Waals surface area contributed by atoms with E-state index in [1.807, 2.05) is 6.26 Å². The standard InChI is InChI=1S/C25H34N6O6S/c1-38-10-8-19(25(36)37)29-24(35)21(12-16-13-26-14-28-16)31-23(34)20(11-15-4-6-17(32)7-5-15)30-22(33)18-3-2-9-27-18/h4-7,13-14,18-21,27,32H,2-3,8-12H2,1H3,(H,26,28)(H,29,35)(H,30,33)(H,31,34)(H,36,37). The highest BCUT2D eigenvalue weighted by molar-refractivity contribution is 7.98. The molecule has 2 aromatic rings. The van der Waals surface area contributed by atoms with Crippen molar-refractivity contribution in [1.82, 2.24) is 31.2 Å². The topological polar surface area (TPSA) is 186 Å². The van der Waals surface area contributed by atoms with Crippen molar-refractivity contribution < 1.29 is 29.4 Å². The minimum absolute atomic E-state index is 0.0382. The lowest BCUT2D eigenvalue weighted by atomic mass is 10.0. The number of aromatic amines is 1. The molecular weight excluding hydrogens is 512 g/mol. The second kappa shape index (κ2) is 14.4. The van der Waals surface area contributed by atoms with Gasteiger partial charge < -0.3 is 36.5 Å². The largest absolute Gasteiger partial charge is 0.508 e. The molecule has 206 valence electrons. The van der Waals surface area contributed by atoms with Crippen molar-refractivity contribution in [3.63, 3.8) is 0 Å². The van der Waals surface area contributed by atoms with Gasteiger partial charge in [0.2, 0.25) is 17.7 Å². The Morgan fingerprint density at radius 3 is 2.32 bits per heavy atom. The van der Waals surface area contributed by atoms with Crippen molar-refractivity contribution in [1.29, 1.82) is 0 Å². The van der Waals surface area contributed by atoms with E-state index in [9.17, 15) is 29.4 Å². The van der Waals surface area contributed by atoms with E-state index < -0.39 is 42.0 Å². The van der Waals surface area contributed by atoms with E-state index in [1.54, 1.807) is 12.1 Å². The Morgan fingerprint density at radius 2 is 1.74 bits per heavy atom. The molecule has 2 heterocycles. The number of aliphatic carboxylic acids is 1. The first-order valence-electron chi connectivity index (χ1n) is 12.4. The third-order valence-corrected chi connectivity index (χ3v) is 6.87. The molecule has 38 heavy (non-hydrogen) atoms. The average molecular weight is 547 g/mol. The molecule has 1 aromatic heterocycles. The predicted molar refractivity (Wildman–Crippen MR) is 142 cm³/mol. The fraction of sp³-hybridized carbons (Fsp3) is 0.480. The van der Waals surface area contributed by atoms with Gasteiger partial charge in [-0.15, -0.1) is 0 Å². The van der Waals surface area contributed by atoms with E-state index in [0.29, 0.717) is 30.0 Å². The molecule has 4 unspecified atom stereocenters. The highest BCUT2D eigenvalue weighted by atomic mass is 32.2. The summed E-state index contributed by atoms with van der Waals surface area (Å²) in [5, 5.41) is 30.3. The number of nitrogens with one attached hydrogen (secondary N) is 5. The Bertz CT molecular complexity index is 1070. The van der Waals surface area contributed by atoms with Gasteiger partial charge in [0.1, 0.15) is 23.9 Å². The number of benzene rings is 1. The third-order valence-electron chi connectivity index (χ3n) is 6.22. The van der Waals surface area contributed by atoms with Crippen molar-refractivity contribution in [3.8, 4) is 5.75 Å². The first-order chi connectivity index (χ1) is 18.3. The van der Waals surface area contributed by atoms with Crippen molar-refractivity contribution >= 4 is 35.5 Å². The number of carboxylic acids is 1. The fourth-order valence-corrected chi connectivity index (χ4v) is 4.59. The second-order valence-corrected chi connectivity index (χ2v) is 10.1. The lowest BCUT2D eigenvalue weighted by Gasteiger charge is -2.25. The van der Waals surface area contributed by atoms with Crippen molar-refractivity contribution in [2.45, 2.75) is 56.3 Å². The predicted octanol–water partition coefficient (Wildman–Crippen LogP) is -0.0554. The number of phenolic OH excluding ortho intramolecular Hbond substituents is 1. The summed E-state index contributed by atoms with van der Waals surface area (Å²) >= 11 is 1.46. The smallest absolute Gasteiger partial charge is 0.326 e. The van der Waals surface area contributed by atoms with Crippen LogP contribution in [0.2, 0.25) is 0 Å². The van der Waals surface area contributed by atoms with E-state index in [0.717, 1.165) is 6.42 Å². The van der Waals surface area contributed by atoms with Crippen molar-refractivity contribution in [3.05, 3.63) is 48.0 Å². The van der Waals surface area contributed by atoms with Crippen LogP contribution in [-0.2, 0) is 32.0 Å². The zero-order valence-corrected chi connectivity index (χ0v) is 21.9. The number of hydrogen-bond acceptors (Lipinski definition) is 8. The zero-order chi connectivity index (χ0) is 27.5. The van der Waals surface area contributed by atoms with Gasteiger partial charge in [-0.05, 0) is 55.5 Å². The van der Waals surface area contributed by atoms with E-state index in [1.165, 1.54) is 36.4 Å². The van der Waals surface area contributed by atoms with Crippen LogP contribution in [0, 0.1) is 0 Å². The van der Waals surface area contributed by atoms with Crippen LogP contribution in [0.1, 0.15) is 30.5 Å². The molecule has 4 atom stereocenters. The fourth-order valence-electron chi connectivity index (χ4n) is 4.12. The van der Waals surface area contributed by atoms with Crippen LogP contribution in [0.3, 0.4) is 0 Å². The Balaban J connectivity index is 1.78. The molecule has 0 bridgehead atoms. The first-order valence-corrected chi connectivity index (χ1v) is 13.8. The summed E-state index contributed by atoms with van der Waals surface area (Å²) < 4.78 is 0. The number of carboxylic acid groups (broad SMARTS) is 1. The molecule has 0 aliphatic carbocycles. The maximum absolute atomic E-state index is 13.5. The van der Waals surface area contributed by atoms with Gasteiger partial charge in [-0.2, -0.15) is 11.8 Å². The SMILES string of the molecule is CSCCC(NC(=O)C(Cc1cnc[nH]1)NC(=O)C(Cc1ccc(O)cc1)NC(=O)C1CCCN1)C(=O)O. The van der Waals surface area contributed by atoms with Gasteiger partial charge in [-0.25, -0.2) is 9.78 Å². The summed E-state index contributed by atoms with van der Waals surface area (Å²) in [4.78, 5) is 58.0. The average Bonchev–Trinajstić information content (AvgIpc) is 3.61. The zero-order valence-electron chi connectivity index (χ0n) is 21.1. The summed E-state index contributed by atoms with van der Waals surface area (Å²) in [6.45, 7) is 0.709. The Morgan fingerprint density at radius 1 is 1.05 bits per heavy atom. The summed E-state index contributed by atoms with van der Waals surface area (Å²) in [6.07, 6.45) is 6.67. The Hall–Kier alpha value is -3.58. The van der Waals surface area contributed by atoms with Gasteiger partial charge in [-0.3, -0.25) is 14.4 Å². The first kappa shape index (κ1) is 29.0. The number of nitrogens with zero attached hydrogens (tertiary/aromatic N) is 1. The Kier molecular flexibility index (Phi) is 11.0. The summed E-state index contributed by atoms with van der Waals surface area (Å²) in [5.74, 6) is -2.14. The van der Waals surface area contributed by atoms with Gasteiger partial charge in [0.25, 0.3) is 0 Å². The molecule has 3 amide bonds. The maximum Gasteiger partial charge on any atom is 0.326 e. The third kappa shape index (κ3) is 8.77. The molecule has 1 saturated heterocycles. The monoisotopic (exact) mass is 546 g/mol. The normalized spacial score (nSPS) is 17.2. The number of thioether (sulfide) groups is 1. The number of hydrogen-bond donors (Lipinski definition) is 7. The molecule has 1 aliphatic heterocycles. The molecule has 7 N–H and O–H groups in total. The van der Waals surface area contributed by atoms with Crippen LogP contribution < -0.4 is 21.3 Å². The van der Waals surface area contributed by atoms with Crippen LogP contribution in [0.15, 0.2) is 36.8 Å². The molecule has 0 saturated carbocycles. The molecular formula is C25H34N6O6S. The van der Waals surface area contributed by atoms with Crippen LogP contribution >= 0.6 is 11.8 Å². The molecule has 12 nitrogen and oxygen atoms in total. The van der Waals surface area contributed by atoms with E-state index in [4.69, 9.17) is 0 Å². The number of carbonyl (C=O) groups is 4. The summed E-state index contributed by atoms with van der Waals surface area (Å²) in [6, 6.07) is 2.60. The molecule has 1 aromatic carbocycles. The van der Waals surface area contributed by atoms with Crippen molar-refractivity contribution in [2.24, 2.45) is 0 Å². The number of H-pyrrole nitrogens is 1. The number of amides is 3. The second-order valence-electron chi connectivity index (χ2n) is 9.10. The van der Waals surface area contributed by atoms with Crippen LogP contribution in [0.5, 0.6) is 5.75 Å². The summed E-state index contributed by atoms with van der Waals surface area (Å²) in [5.41, 5.74) is 1.26. The van der Waals surface area contributed by atoms with Crippen LogP contribution in [-0.4, -0.2) is 86.6 Å². The van der Waals surface area contributed by atoms with Gasteiger partial charge in [0.15, 0.2) is 0 Å². The van der Waals surface area contributed by atoms with Gasteiger partial charge in [-0.1, -0.05) is 12.1 Å². The Labute approximate surface area is 224 Å². The molecule has 3 rings (SSSR count). The molecule has 13 heteroatoms. The number of carbonyl (C=O) groups excluding carboxylic acids is 3. The van der Waals surface area contributed by atoms with Gasteiger partial charge >= 0.3 is 5.97 Å².